The maximum Gasteiger partial charge on any atom is 0.244 e. The smallest absolute Gasteiger partial charge is 0.244 e. The number of nitrogens with zero attached hydrogens (tertiary/aromatic N) is 4. The monoisotopic (exact) mass is 929 g/mol. The van der Waals surface area contributed by atoms with Crippen LogP contribution in [0.1, 0.15) is 72.1 Å². The first-order chi connectivity index (χ1) is 30.0. The van der Waals surface area contributed by atoms with E-state index < -0.39 is 89.6 Å². The lowest BCUT2D eigenvalue weighted by molar-refractivity contribution is -0.135. The lowest BCUT2D eigenvalue weighted by Gasteiger charge is -2.26. The summed E-state index contributed by atoms with van der Waals surface area (Å²) in [6.45, 7) is 4.26. The molecule has 0 aromatic carbocycles. The number of primary amides is 1. The number of hydrogen-bond acceptors (Lipinski definition) is 13. The Morgan fingerprint density at radius 2 is 0.672 bits per heavy atom. The molecule has 0 aliphatic rings. The number of amides is 8. The highest BCUT2D eigenvalue weighted by atomic mass is 32.1. The van der Waals surface area contributed by atoms with Crippen molar-refractivity contribution in [2.24, 2.45) is 71.6 Å². The first kappa shape index (κ1) is 57.2. The van der Waals surface area contributed by atoms with E-state index in [4.69, 9.17) is 51.6 Å². The third kappa shape index (κ3) is 25.8. The number of thiol groups is 1. The second-order valence-corrected chi connectivity index (χ2v) is 14.7. The largest absolute Gasteiger partial charge is 0.370 e. The van der Waals surface area contributed by atoms with Gasteiger partial charge in [-0.05, 0) is 65.2 Å². The van der Waals surface area contributed by atoms with E-state index >= 15 is 0 Å². The van der Waals surface area contributed by atoms with Gasteiger partial charge in [-0.2, -0.15) is 12.6 Å². The van der Waals surface area contributed by atoms with Gasteiger partial charge in [-0.1, -0.05) is 0 Å². The Hall–Kier alpha value is -6.81. The van der Waals surface area contributed by atoms with Crippen molar-refractivity contribution in [1.29, 1.82) is 0 Å². The number of hydrogen-bond donors (Lipinski definition) is 17. The van der Waals surface area contributed by atoms with Gasteiger partial charge in [0.2, 0.25) is 47.3 Å². The molecule has 0 spiro atoms. The Balaban J connectivity index is 6.31. The van der Waals surface area contributed by atoms with Gasteiger partial charge in [0.15, 0.2) is 23.8 Å². The molecule has 0 aromatic heterocycles. The summed E-state index contributed by atoms with van der Waals surface area (Å²) in [5.41, 5.74) is 48.6. The van der Waals surface area contributed by atoms with Gasteiger partial charge in [-0.15, -0.1) is 0 Å². The molecule has 7 atom stereocenters. The van der Waals surface area contributed by atoms with Gasteiger partial charge in [0, 0.05) is 38.9 Å². The molecule has 0 bridgehead atoms. The average Bonchev–Trinajstić information content (AvgIpc) is 3.20. The molecule has 0 saturated heterocycles. The van der Waals surface area contributed by atoms with E-state index in [1.54, 1.807) is 0 Å². The van der Waals surface area contributed by atoms with Crippen molar-refractivity contribution in [1.82, 2.24) is 37.2 Å². The molecule has 0 rings (SSSR count). The average molecular weight is 929 g/mol. The molecule has 0 aliphatic heterocycles. The van der Waals surface area contributed by atoms with Crippen molar-refractivity contribution >= 4 is 83.7 Å². The summed E-state index contributed by atoms with van der Waals surface area (Å²) in [5.74, 6) is -6.99. The second kappa shape index (κ2) is 31.1. The molecular weight excluding hydrogens is 861 g/mol. The Morgan fingerprint density at radius 3 is 0.953 bits per heavy atom. The van der Waals surface area contributed by atoms with Crippen molar-refractivity contribution in [2.45, 2.75) is 114 Å². The first-order valence-corrected chi connectivity index (χ1v) is 20.8. The zero-order valence-corrected chi connectivity index (χ0v) is 37.3. The Morgan fingerprint density at radius 1 is 0.406 bits per heavy atom. The summed E-state index contributed by atoms with van der Waals surface area (Å²) in [5, 5.41) is 17.6. The van der Waals surface area contributed by atoms with Crippen LogP contribution in [0.2, 0.25) is 0 Å². The fourth-order valence-corrected chi connectivity index (χ4v) is 5.70. The van der Waals surface area contributed by atoms with E-state index in [0.717, 1.165) is 0 Å². The predicted octanol–water partition coefficient (Wildman–Crippen LogP) is -7.93. The third-order valence-electron chi connectivity index (χ3n) is 8.72. The van der Waals surface area contributed by atoms with Gasteiger partial charge < -0.3 is 88.8 Å². The molecule has 64 heavy (non-hydrogen) atoms. The van der Waals surface area contributed by atoms with Crippen molar-refractivity contribution in [3.8, 4) is 0 Å². The number of nitrogens with one attached hydrogen (secondary N) is 7. The highest BCUT2D eigenvalue weighted by Gasteiger charge is 2.32. The molecule has 0 heterocycles. The molecule has 8 amide bonds. The van der Waals surface area contributed by atoms with Gasteiger partial charge in [0.25, 0.3) is 0 Å². The van der Waals surface area contributed by atoms with Gasteiger partial charge >= 0.3 is 0 Å². The van der Waals surface area contributed by atoms with Crippen molar-refractivity contribution in [3.05, 3.63) is 0 Å². The SMILES string of the molecule is CC(=O)N[C@H](CS)C(=O)N[C@H](CCCN=C(N)N)C(=O)N[C@H](C)C(=O)N[C@H](CCCN=C(N)N)C(=O)N[C@H](CCCN=C(N)N)C(=O)N[C@H](C)C(=O)N[C@H](CCCN=C(N)N)C(N)=O. The van der Waals surface area contributed by atoms with E-state index in [2.05, 4.69) is 69.8 Å². The topological polar surface area (TPSA) is 504 Å². The van der Waals surface area contributed by atoms with Crippen molar-refractivity contribution in [2.75, 3.05) is 31.9 Å². The van der Waals surface area contributed by atoms with E-state index in [1.165, 1.54) is 20.8 Å². The third-order valence-corrected chi connectivity index (χ3v) is 9.09. The highest BCUT2D eigenvalue weighted by molar-refractivity contribution is 7.80. The Kier molecular flexibility index (Phi) is 27.8. The van der Waals surface area contributed by atoms with E-state index in [1.807, 2.05) is 0 Å². The van der Waals surface area contributed by atoms with Crippen LogP contribution in [0.25, 0.3) is 0 Å². The summed E-state index contributed by atoms with van der Waals surface area (Å²) in [6.07, 6.45) is 0.838. The number of rotatable bonds is 31. The van der Waals surface area contributed by atoms with E-state index in [0.29, 0.717) is 6.42 Å². The van der Waals surface area contributed by atoms with Crippen LogP contribution in [-0.2, 0) is 38.4 Å². The molecule has 0 aliphatic carbocycles. The van der Waals surface area contributed by atoms with Crippen LogP contribution < -0.4 is 88.8 Å². The molecule has 28 nitrogen and oxygen atoms in total. The Labute approximate surface area is 376 Å². The highest BCUT2D eigenvalue weighted by Crippen LogP contribution is 2.07. The zero-order valence-electron chi connectivity index (χ0n) is 36.4. The molecule has 362 valence electrons. The Bertz CT molecular complexity index is 1700. The minimum atomic E-state index is -1.34. The standard InChI is InChI=1S/C35H68N20O8S/c1-17(26(58)52-20(25(36)57)8-4-12-45-32(37)38)49-28(60)21(9-5-13-46-33(39)40)54-30(62)23(11-7-15-48-35(43)44)53-27(59)18(2)50-29(61)22(10-6-14-47-34(41)42)55-31(63)24(16-64)51-19(3)56/h17-18,20-24,64H,4-16H2,1-3H3,(H2,36,57)(H,49,60)(H,50,61)(H,51,56)(H,52,58)(H,53,59)(H,54,62)(H,55,63)(H4,37,38,45)(H4,39,40,46)(H4,41,42,47)(H4,43,44,48)/t17-,18-,20-,21-,22-,23-,24-/m1/s1. The lowest BCUT2D eigenvalue weighted by atomic mass is 10.1. The van der Waals surface area contributed by atoms with Crippen LogP contribution in [0.5, 0.6) is 0 Å². The maximum atomic E-state index is 13.9. The summed E-state index contributed by atoms with van der Waals surface area (Å²) in [7, 11) is 0. The van der Waals surface area contributed by atoms with Crippen LogP contribution in [-0.4, -0.2) is 145 Å². The molecule has 0 fully saturated rings. The fraction of sp³-hybridized carbons (Fsp3) is 0.657. The molecule has 29 heteroatoms. The summed E-state index contributed by atoms with van der Waals surface area (Å²) >= 11 is 4.10. The zero-order chi connectivity index (χ0) is 48.9. The number of carbonyl (C=O) groups is 8. The normalized spacial score (nSPS) is 13.8. The first-order valence-electron chi connectivity index (χ1n) is 20.2. The quantitative estimate of drug-likeness (QED) is 0.0133. The van der Waals surface area contributed by atoms with Gasteiger partial charge in [-0.25, -0.2) is 0 Å². The molecule has 0 saturated carbocycles. The minimum absolute atomic E-state index is 0.0111. The summed E-state index contributed by atoms with van der Waals surface area (Å²) in [4.78, 5) is 120. The molecule has 0 radical (unpaired) electrons. The number of nitrogens with two attached hydrogens (primary N) is 9. The van der Waals surface area contributed by atoms with Crippen molar-refractivity contribution in [3.63, 3.8) is 0 Å². The summed E-state index contributed by atoms with van der Waals surface area (Å²) < 4.78 is 0. The van der Waals surface area contributed by atoms with E-state index in [-0.39, 0.29) is 101 Å². The number of guanidine groups is 4. The van der Waals surface area contributed by atoms with Crippen LogP contribution in [0.3, 0.4) is 0 Å². The number of aliphatic imine (C=N–C) groups is 4. The molecule has 25 N–H and O–H groups in total. The maximum absolute atomic E-state index is 13.9. The van der Waals surface area contributed by atoms with Gasteiger partial charge in [0.1, 0.15) is 42.3 Å². The number of carbonyl (C=O) groups excluding carboxylic acids is 8. The molecule has 0 unspecified atom stereocenters. The lowest BCUT2D eigenvalue weighted by Crippen LogP contribution is -2.59. The van der Waals surface area contributed by atoms with E-state index in [9.17, 15) is 38.4 Å². The van der Waals surface area contributed by atoms with Crippen LogP contribution in [0.4, 0.5) is 0 Å². The minimum Gasteiger partial charge on any atom is -0.370 e. The second-order valence-electron chi connectivity index (χ2n) is 14.3. The predicted molar refractivity (Wildman–Crippen MR) is 243 cm³/mol. The summed E-state index contributed by atoms with van der Waals surface area (Å²) in [6, 6.07) is -8.63. The van der Waals surface area contributed by atoms with Crippen LogP contribution in [0, 0.1) is 0 Å². The van der Waals surface area contributed by atoms with Crippen LogP contribution >= 0.6 is 12.6 Å². The molecule has 0 aromatic rings. The van der Waals surface area contributed by atoms with Gasteiger partial charge in [-0.3, -0.25) is 58.3 Å². The molecular formula is C35H68N20O8S. The van der Waals surface area contributed by atoms with Crippen molar-refractivity contribution < 1.29 is 38.4 Å². The van der Waals surface area contributed by atoms with Crippen LogP contribution in [0.15, 0.2) is 20.0 Å². The van der Waals surface area contributed by atoms with Gasteiger partial charge in [0.05, 0.1) is 0 Å². The fourth-order valence-electron chi connectivity index (χ4n) is 5.44.